The highest BCUT2D eigenvalue weighted by molar-refractivity contribution is 6.33. The summed E-state index contributed by atoms with van der Waals surface area (Å²) in [4.78, 5) is 21.9. The summed E-state index contributed by atoms with van der Waals surface area (Å²) in [6.07, 6.45) is 3.77. The monoisotopic (exact) mass is 544 g/mol. The minimum atomic E-state index is -0.144. The van der Waals surface area contributed by atoms with E-state index in [9.17, 15) is 4.79 Å². The molecule has 7 nitrogen and oxygen atoms in total. The molecule has 1 aliphatic heterocycles. The molecule has 0 spiro atoms. The maximum atomic E-state index is 13.7. The Morgan fingerprint density at radius 3 is 2.31 bits per heavy atom. The molecule has 2 heterocycles. The summed E-state index contributed by atoms with van der Waals surface area (Å²) >= 11 is 6.40. The summed E-state index contributed by atoms with van der Waals surface area (Å²) < 4.78 is 10.9. The smallest absolute Gasteiger partial charge is 0.321 e. The quantitative estimate of drug-likeness (QED) is 0.251. The summed E-state index contributed by atoms with van der Waals surface area (Å²) in [6, 6.07) is 26.2. The number of carbonyl (C=O) groups excluding carboxylic acids is 1. The van der Waals surface area contributed by atoms with Crippen molar-refractivity contribution in [2.45, 2.75) is 12.3 Å². The molecular formula is C31H33ClN4O3. The van der Waals surface area contributed by atoms with Gasteiger partial charge in [0.15, 0.2) is 12.2 Å². The van der Waals surface area contributed by atoms with Gasteiger partial charge in [0.05, 0.1) is 24.4 Å². The first-order valence-corrected chi connectivity index (χ1v) is 13.7. The number of morpholine rings is 1. The predicted molar refractivity (Wildman–Crippen MR) is 154 cm³/mol. The molecule has 0 atom stereocenters. The Morgan fingerprint density at radius 1 is 0.974 bits per heavy atom. The Kier molecular flexibility index (Phi) is 9.27. The second kappa shape index (κ2) is 13.4. The van der Waals surface area contributed by atoms with E-state index in [1.165, 1.54) is 17.5 Å². The van der Waals surface area contributed by atoms with Crippen LogP contribution in [0.25, 0.3) is 11.3 Å². The highest BCUT2D eigenvalue weighted by Crippen LogP contribution is 2.31. The fourth-order valence-electron chi connectivity index (χ4n) is 4.93. The van der Waals surface area contributed by atoms with E-state index in [-0.39, 0.29) is 11.9 Å². The van der Waals surface area contributed by atoms with Crippen molar-refractivity contribution in [1.82, 2.24) is 14.8 Å². The Labute approximate surface area is 234 Å². The van der Waals surface area contributed by atoms with Crippen LogP contribution in [0.15, 0.2) is 95.9 Å². The standard InChI is InChI=1S/C31H33ClN4O3/c32-29-12-11-26(21-28(29)30-22-33-23-39-30)34-31(37)36(16-15-35-17-19-38-20-18-35)14-13-27(24-7-3-1-4-8-24)25-9-5-2-6-10-25/h1-12,21-23,27H,13-20H2,(H,34,37). The van der Waals surface area contributed by atoms with Crippen molar-refractivity contribution in [3.63, 3.8) is 0 Å². The van der Waals surface area contributed by atoms with E-state index in [0.29, 0.717) is 35.1 Å². The van der Waals surface area contributed by atoms with E-state index < -0.39 is 0 Å². The molecule has 1 N–H and O–H groups in total. The lowest BCUT2D eigenvalue weighted by Gasteiger charge is -2.31. The van der Waals surface area contributed by atoms with Crippen molar-refractivity contribution >= 4 is 23.3 Å². The van der Waals surface area contributed by atoms with Gasteiger partial charge in [-0.3, -0.25) is 4.90 Å². The molecule has 1 aromatic heterocycles. The normalized spacial score (nSPS) is 13.9. The molecule has 8 heteroatoms. The first-order chi connectivity index (χ1) is 19.2. The van der Waals surface area contributed by atoms with Gasteiger partial charge in [0.25, 0.3) is 0 Å². The summed E-state index contributed by atoms with van der Waals surface area (Å²) in [6.45, 7) is 5.23. The van der Waals surface area contributed by atoms with Crippen molar-refractivity contribution in [2.24, 2.45) is 0 Å². The zero-order valence-electron chi connectivity index (χ0n) is 21.8. The van der Waals surface area contributed by atoms with Crippen LogP contribution >= 0.6 is 11.6 Å². The van der Waals surface area contributed by atoms with Crippen LogP contribution in [-0.4, -0.2) is 66.8 Å². The molecule has 0 aliphatic carbocycles. The molecule has 1 saturated heterocycles. The Hall–Kier alpha value is -3.65. The molecule has 0 unspecified atom stereocenters. The van der Waals surface area contributed by atoms with Crippen molar-refractivity contribution in [3.8, 4) is 11.3 Å². The van der Waals surface area contributed by atoms with E-state index >= 15 is 0 Å². The number of urea groups is 1. The second-order valence-electron chi connectivity index (χ2n) is 9.59. The summed E-state index contributed by atoms with van der Waals surface area (Å²) in [7, 11) is 0. The van der Waals surface area contributed by atoms with Gasteiger partial charge in [-0.25, -0.2) is 9.78 Å². The zero-order valence-corrected chi connectivity index (χ0v) is 22.6. The third-order valence-electron chi connectivity index (χ3n) is 7.08. The Morgan fingerprint density at radius 2 is 1.67 bits per heavy atom. The van der Waals surface area contributed by atoms with Crippen molar-refractivity contribution in [2.75, 3.05) is 51.3 Å². The minimum absolute atomic E-state index is 0.144. The van der Waals surface area contributed by atoms with Crippen molar-refractivity contribution < 1.29 is 13.9 Å². The van der Waals surface area contributed by atoms with E-state index in [4.69, 9.17) is 20.8 Å². The fourth-order valence-corrected chi connectivity index (χ4v) is 5.14. The lowest BCUT2D eigenvalue weighted by Crippen LogP contribution is -2.44. The zero-order chi connectivity index (χ0) is 26.9. The highest BCUT2D eigenvalue weighted by atomic mass is 35.5. The maximum absolute atomic E-state index is 13.7. The molecule has 0 saturated carbocycles. The van der Waals surface area contributed by atoms with Crippen LogP contribution in [0.5, 0.6) is 0 Å². The van der Waals surface area contributed by atoms with Gasteiger partial charge < -0.3 is 19.4 Å². The first-order valence-electron chi connectivity index (χ1n) is 13.3. The van der Waals surface area contributed by atoms with Gasteiger partial charge in [-0.05, 0) is 35.7 Å². The average Bonchev–Trinajstić information content (AvgIpc) is 3.52. The Balaban J connectivity index is 1.33. The van der Waals surface area contributed by atoms with Crippen LogP contribution in [0.1, 0.15) is 23.5 Å². The topological polar surface area (TPSA) is 70.8 Å². The van der Waals surface area contributed by atoms with Crippen LogP contribution in [0, 0.1) is 0 Å². The van der Waals surface area contributed by atoms with E-state index in [1.54, 1.807) is 18.3 Å². The van der Waals surface area contributed by atoms with Crippen LogP contribution < -0.4 is 5.32 Å². The van der Waals surface area contributed by atoms with Gasteiger partial charge in [-0.1, -0.05) is 72.3 Å². The Bertz CT molecular complexity index is 1270. The molecule has 5 rings (SSSR count). The number of anilines is 1. The molecule has 0 radical (unpaired) electrons. The molecule has 0 bridgehead atoms. The lowest BCUT2D eigenvalue weighted by molar-refractivity contribution is 0.0351. The number of hydrogen-bond donors (Lipinski definition) is 1. The van der Waals surface area contributed by atoms with Gasteiger partial charge >= 0.3 is 6.03 Å². The molecule has 3 aromatic carbocycles. The number of ether oxygens (including phenoxy) is 1. The second-order valence-corrected chi connectivity index (χ2v) is 10.0. The lowest BCUT2D eigenvalue weighted by atomic mass is 9.88. The third-order valence-corrected chi connectivity index (χ3v) is 7.41. The summed E-state index contributed by atoms with van der Waals surface area (Å²) in [5.41, 5.74) is 3.81. The summed E-state index contributed by atoms with van der Waals surface area (Å²) in [5, 5.41) is 3.62. The molecular weight excluding hydrogens is 512 g/mol. The van der Waals surface area contributed by atoms with Gasteiger partial charge in [0.2, 0.25) is 0 Å². The summed E-state index contributed by atoms with van der Waals surface area (Å²) in [5.74, 6) is 0.730. The number of amides is 2. The molecule has 4 aromatic rings. The first kappa shape index (κ1) is 26.9. The number of benzene rings is 3. The predicted octanol–water partition coefficient (Wildman–Crippen LogP) is 6.38. The largest absolute Gasteiger partial charge is 0.443 e. The number of rotatable bonds is 10. The van der Waals surface area contributed by atoms with Crippen LogP contribution in [0.4, 0.5) is 10.5 Å². The SMILES string of the molecule is O=C(Nc1ccc(Cl)c(-c2cnco2)c1)N(CCC(c1ccccc1)c1ccccc1)CCN1CCOCC1. The van der Waals surface area contributed by atoms with E-state index in [1.807, 2.05) is 23.1 Å². The van der Waals surface area contributed by atoms with Crippen LogP contribution in [0.2, 0.25) is 5.02 Å². The number of carbonyl (C=O) groups is 1. The van der Waals surface area contributed by atoms with Gasteiger partial charge in [0, 0.05) is 49.9 Å². The third kappa shape index (κ3) is 7.26. The number of oxazole rings is 1. The van der Waals surface area contributed by atoms with Gasteiger partial charge in [0.1, 0.15) is 0 Å². The number of halogens is 1. The van der Waals surface area contributed by atoms with Crippen LogP contribution in [0.3, 0.4) is 0 Å². The van der Waals surface area contributed by atoms with Crippen molar-refractivity contribution in [3.05, 3.63) is 108 Å². The maximum Gasteiger partial charge on any atom is 0.321 e. The van der Waals surface area contributed by atoms with E-state index in [2.05, 4.69) is 63.7 Å². The molecule has 2 amide bonds. The molecule has 1 aliphatic rings. The number of hydrogen-bond acceptors (Lipinski definition) is 5. The molecule has 1 fully saturated rings. The molecule has 39 heavy (non-hydrogen) atoms. The highest BCUT2D eigenvalue weighted by Gasteiger charge is 2.21. The number of aromatic nitrogens is 1. The minimum Gasteiger partial charge on any atom is -0.443 e. The molecule has 202 valence electrons. The number of nitrogens with one attached hydrogen (secondary N) is 1. The van der Waals surface area contributed by atoms with Crippen molar-refractivity contribution in [1.29, 1.82) is 0 Å². The van der Waals surface area contributed by atoms with Crippen LogP contribution in [-0.2, 0) is 4.74 Å². The van der Waals surface area contributed by atoms with Gasteiger partial charge in [-0.15, -0.1) is 0 Å². The fraction of sp³-hybridized carbons (Fsp3) is 0.290. The average molecular weight is 545 g/mol. The number of nitrogens with zero attached hydrogens (tertiary/aromatic N) is 3. The van der Waals surface area contributed by atoms with E-state index in [0.717, 1.165) is 39.3 Å². The van der Waals surface area contributed by atoms with Gasteiger partial charge in [-0.2, -0.15) is 0 Å².